The lowest BCUT2D eigenvalue weighted by atomic mass is 10.2. The van der Waals surface area contributed by atoms with Crippen LogP contribution in [-0.4, -0.2) is 43.6 Å². The first-order valence-electron chi connectivity index (χ1n) is 11.1. The van der Waals surface area contributed by atoms with Crippen molar-refractivity contribution in [1.29, 1.82) is 0 Å². The third-order valence-electron chi connectivity index (χ3n) is 5.69. The van der Waals surface area contributed by atoms with E-state index >= 15 is 0 Å². The number of ether oxygens (including phenoxy) is 2. The molecule has 2 N–H and O–H groups in total. The Morgan fingerprint density at radius 1 is 1.00 bits per heavy atom. The van der Waals surface area contributed by atoms with Crippen molar-refractivity contribution in [3.63, 3.8) is 0 Å². The van der Waals surface area contributed by atoms with Crippen LogP contribution in [0.1, 0.15) is 16.2 Å². The minimum absolute atomic E-state index is 0.0610. The van der Waals surface area contributed by atoms with Gasteiger partial charge in [0.1, 0.15) is 19.0 Å². The number of aromatic nitrogens is 2. The van der Waals surface area contributed by atoms with Crippen molar-refractivity contribution < 1.29 is 22.7 Å². The second kappa shape index (κ2) is 9.30. The van der Waals surface area contributed by atoms with E-state index in [1.807, 2.05) is 31.2 Å². The number of fused-ring (bicyclic) bond motifs is 2. The highest BCUT2D eigenvalue weighted by atomic mass is 32.2. The Balaban J connectivity index is 1.20. The van der Waals surface area contributed by atoms with Crippen LogP contribution in [0.2, 0.25) is 0 Å². The van der Waals surface area contributed by atoms with E-state index in [2.05, 4.69) is 19.6 Å². The van der Waals surface area contributed by atoms with Gasteiger partial charge in [0.15, 0.2) is 11.5 Å². The second-order valence-corrected chi connectivity index (χ2v) is 9.73. The zero-order valence-corrected chi connectivity index (χ0v) is 19.8. The molecule has 0 saturated heterocycles. The molecular weight excluding hydrogens is 468 g/mol. The maximum absolute atomic E-state index is 12.8. The summed E-state index contributed by atoms with van der Waals surface area (Å²) in [5.74, 6) is 1.55. The van der Waals surface area contributed by atoms with Gasteiger partial charge < -0.3 is 19.4 Å². The van der Waals surface area contributed by atoms with Crippen molar-refractivity contribution in [3.05, 3.63) is 78.1 Å². The number of hydrogen-bond donors (Lipinski definition) is 2. The van der Waals surface area contributed by atoms with E-state index in [4.69, 9.17) is 9.47 Å². The average Bonchev–Trinajstić information content (AvgIpc) is 3.19. The third kappa shape index (κ3) is 4.78. The number of imidazole rings is 1. The Morgan fingerprint density at radius 3 is 2.54 bits per heavy atom. The number of para-hydroxylation sites is 2. The molecule has 1 aromatic heterocycles. The fourth-order valence-electron chi connectivity index (χ4n) is 3.96. The van der Waals surface area contributed by atoms with Crippen LogP contribution in [0.4, 0.5) is 5.69 Å². The third-order valence-corrected chi connectivity index (χ3v) is 7.07. The Bertz CT molecular complexity index is 1500. The van der Waals surface area contributed by atoms with E-state index in [0.717, 1.165) is 16.9 Å². The highest BCUT2D eigenvalue weighted by Crippen LogP contribution is 2.32. The topological polar surface area (TPSA) is 112 Å². The van der Waals surface area contributed by atoms with Crippen molar-refractivity contribution >= 4 is 32.7 Å². The lowest BCUT2D eigenvalue weighted by molar-refractivity contribution is 0.0952. The molecule has 0 spiro atoms. The van der Waals surface area contributed by atoms with Crippen LogP contribution in [0.5, 0.6) is 11.5 Å². The van der Waals surface area contributed by atoms with Crippen LogP contribution in [0, 0.1) is 6.92 Å². The Kier molecular flexibility index (Phi) is 6.04. The van der Waals surface area contributed by atoms with Crippen LogP contribution in [0.25, 0.3) is 11.0 Å². The molecule has 10 heteroatoms. The molecule has 0 atom stereocenters. The quantitative estimate of drug-likeness (QED) is 0.409. The van der Waals surface area contributed by atoms with Gasteiger partial charge in [0.05, 0.1) is 15.9 Å². The molecule has 1 aliphatic heterocycles. The van der Waals surface area contributed by atoms with Crippen LogP contribution in [0.15, 0.2) is 71.6 Å². The first-order valence-corrected chi connectivity index (χ1v) is 12.6. The molecule has 0 radical (unpaired) electrons. The molecule has 5 rings (SSSR count). The van der Waals surface area contributed by atoms with Crippen LogP contribution in [-0.2, 0) is 16.6 Å². The molecule has 2 heterocycles. The van der Waals surface area contributed by atoms with Gasteiger partial charge in [0, 0.05) is 30.4 Å². The molecule has 1 amide bonds. The summed E-state index contributed by atoms with van der Waals surface area (Å²) >= 11 is 0. The summed E-state index contributed by atoms with van der Waals surface area (Å²) in [5.41, 5.74) is 2.72. The molecule has 0 bridgehead atoms. The zero-order chi connectivity index (χ0) is 24.4. The predicted octanol–water partition coefficient (Wildman–Crippen LogP) is 3.35. The van der Waals surface area contributed by atoms with E-state index in [-0.39, 0.29) is 10.8 Å². The fraction of sp³-hybridized carbons (Fsp3) is 0.200. The lowest BCUT2D eigenvalue weighted by Crippen LogP contribution is -2.27. The number of sulfonamides is 1. The summed E-state index contributed by atoms with van der Waals surface area (Å²) in [6.45, 7) is 3.75. The Labute approximate surface area is 202 Å². The van der Waals surface area contributed by atoms with Gasteiger partial charge in [-0.15, -0.1) is 0 Å². The number of benzene rings is 3. The number of amides is 1. The molecular formula is C25H24N4O5S. The maximum atomic E-state index is 12.8. The number of nitrogens with one attached hydrogen (secondary N) is 2. The van der Waals surface area contributed by atoms with Gasteiger partial charge in [-0.3, -0.25) is 9.52 Å². The van der Waals surface area contributed by atoms with E-state index in [1.165, 1.54) is 12.1 Å². The van der Waals surface area contributed by atoms with Gasteiger partial charge in [-0.2, -0.15) is 0 Å². The van der Waals surface area contributed by atoms with Gasteiger partial charge in [-0.05, 0) is 55.5 Å². The molecule has 0 aliphatic carbocycles. The Hall–Kier alpha value is -4.05. The number of nitrogens with zero attached hydrogens (tertiary/aromatic N) is 2. The summed E-state index contributed by atoms with van der Waals surface area (Å²) in [5, 5.41) is 2.90. The van der Waals surface area contributed by atoms with Gasteiger partial charge in [0.25, 0.3) is 15.9 Å². The van der Waals surface area contributed by atoms with Crippen molar-refractivity contribution in [2.45, 2.75) is 18.4 Å². The number of anilines is 1. The lowest BCUT2D eigenvalue weighted by Gasteiger charge is -2.19. The van der Waals surface area contributed by atoms with Crippen molar-refractivity contribution in [2.24, 2.45) is 0 Å². The molecule has 0 unspecified atom stereocenters. The van der Waals surface area contributed by atoms with E-state index in [9.17, 15) is 13.2 Å². The molecule has 180 valence electrons. The molecule has 0 fully saturated rings. The number of hydrogen-bond acceptors (Lipinski definition) is 6. The first-order chi connectivity index (χ1) is 16.9. The molecule has 3 aromatic carbocycles. The zero-order valence-electron chi connectivity index (χ0n) is 19.0. The summed E-state index contributed by atoms with van der Waals surface area (Å²) < 4.78 is 41.1. The summed E-state index contributed by atoms with van der Waals surface area (Å²) in [4.78, 5) is 17.2. The van der Waals surface area contributed by atoms with Crippen molar-refractivity contribution in [2.75, 3.05) is 24.5 Å². The number of aryl methyl sites for hydroxylation is 1. The molecule has 1 aliphatic rings. The van der Waals surface area contributed by atoms with E-state index < -0.39 is 10.0 Å². The monoisotopic (exact) mass is 492 g/mol. The SMILES string of the molecule is Cc1nc2ccccc2n1CCNC(=O)c1ccc(NS(=O)(=O)c2ccc3c(c2)OCCO3)cc1. The predicted molar refractivity (Wildman–Crippen MR) is 131 cm³/mol. The van der Waals surface area contributed by atoms with Crippen LogP contribution >= 0.6 is 0 Å². The van der Waals surface area contributed by atoms with Crippen molar-refractivity contribution in [3.8, 4) is 11.5 Å². The van der Waals surface area contributed by atoms with Crippen molar-refractivity contribution in [1.82, 2.24) is 14.9 Å². The normalized spacial score (nSPS) is 12.9. The summed E-state index contributed by atoms with van der Waals surface area (Å²) in [6, 6.07) is 18.6. The van der Waals surface area contributed by atoms with Gasteiger partial charge in [-0.1, -0.05) is 12.1 Å². The smallest absolute Gasteiger partial charge is 0.262 e. The highest BCUT2D eigenvalue weighted by Gasteiger charge is 2.19. The van der Waals surface area contributed by atoms with E-state index in [1.54, 1.807) is 30.3 Å². The second-order valence-electron chi connectivity index (χ2n) is 8.04. The number of carbonyl (C=O) groups is 1. The maximum Gasteiger partial charge on any atom is 0.262 e. The minimum atomic E-state index is -3.84. The van der Waals surface area contributed by atoms with Gasteiger partial charge in [0.2, 0.25) is 0 Å². The Morgan fingerprint density at radius 2 is 1.74 bits per heavy atom. The van der Waals surface area contributed by atoms with Gasteiger partial charge >= 0.3 is 0 Å². The van der Waals surface area contributed by atoms with Gasteiger partial charge in [-0.25, -0.2) is 13.4 Å². The van der Waals surface area contributed by atoms with Crippen LogP contribution in [0.3, 0.4) is 0 Å². The summed E-state index contributed by atoms with van der Waals surface area (Å²) in [7, 11) is -3.84. The first kappa shape index (κ1) is 22.7. The molecule has 4 aromatic rings. The highest BCUT2D eigenvalue weighted by molar-refractivity contribution is 7.92. The molecule has 35 heavy (non-hydrogen) atoms. The van der Waals surface area contributed by atoms with E-state index in [0.29, 0.717) is 49.1 Å². The molecule has 0 saturated carbocycles. The fourth-order valence-corrected chi connectivity index (χ4v) is 5.03. The standard InChI is InChI=1S/C25H24N4O5S/c1-17-27-21-4-2-3-5-22(21)29(17)13-12-26-25(30)18-6-8-19(9-7-18)28-35(31,32)20-10-11-23-24(16-20)34-15-14-33-23/h2-11,16,28H,12-15H2,1H3,(H,26,30). The minimum Gasteiger partial charge on any atom is -0.486 e. The molecule has 9 nitrogen and oxygen atoms in total. The van der Waals surface area contributed by atoms with Crippen LogP contribution < -0.4 is 19.5 Å². The summed E-state index contributed by atoms with van der Waals surface area (Å²) in [6.07, 6.45) is 0. The number of rotatable bonds is 7. The average molecular weight is 493 g/mol. The number of carbonyl (C=O) groups excluding carboxylic acids is 1. The largest absolute Gasteiger partial charge is 0.486 e.